The number of hydrogen-bond donors (Lipinski definition) is 1. The minimum absolute atomic E-state index is 0.840. The standard InChI is InChI=1S/C14H19N3S2/c1-11-2-3-12-13(10-11)17(14(18)15-12)5-4-16-6-8-19-9-7-16/h2-3,10H,4-9H2,1H3,(H,15,18). The zero-order chi connectivity index (χ0) is 13.2. The van der Waals surface area contributed by atoms with Crippen LogP contribution in [0.25, 0.3) is 11.0 Å². The topological polar surface area (TPSA) is 24.0 Å². The fourth-order valence-corrected chi connectivity index (χ4v) is 3.83. The van der Waals surface area contributed by atoms with Crippen molar-refractivity contribution < 1.29 is 0 Å². The first-order chi connectivity index (χ1) is 9.24. The molecule has 2 heterocycles. The van der Waals surface area contributed by atoms with Gasteiger partial charge in [0.15, 0.2) is 4.77 Å². The molecule has 2 aromatic rings. The van der Waals surface area contributed by atoms with Crippen LogP contribution in [0.3, 0.4) is 0 Å². The lowest BCUT2D eigenvalue weighted by atomic mass is 10.2. The van der Waals surface area contributed by atoms with Gasteiger partial charge in [-0.15, -0.1) is 0 Å². The summed E-state index contributed by atoms with van der Waals surface area (Å²) in [5.41, 5.74) is 3.66. The van der Waals surface area contributed by atoms with Gasteiger partial charge in [-0.1, -0.05) is 6.07 Å². The number of fused-ring (bicyclic) bond motifs is 1. The minimum atomic E-state index is 0.840. The minimum Gasteiger partial charge on any atom is -0.331 e. The monoisotopic (exact) mass is 293 g/mol. The zero-order valence-corrected chi connectivity index (χ0v) is 12.8. The fraction of sp³-hybridized carbons (Fsp3) is 0.500. The SMILES string of the molecule is Cc1ccc2[nH]c(=S)n(CCN3CCSCC3)c2c1. The number of aryl methyl sites for hydroxylation is 1. The highest BCUT2D eigenvalue weighted by Crippen LogP contribution is 2.16. The van der Waals surface area contributed by atoms with E-state index >= 15 is 0 Å². The molecule has 0 radical (unpaired) electrons. The van der Waals surface area contributed by atoms with Gasteiger partial charge in [0.05, 0.1) is 11.0 Å². The number of nitrogens with zero attached hydrogens (tertiary/aromatic N) is 2. The van der Waals surface area contributed by atoms with Gasteiger partial charge in [-0.25, -0.2) is 0 Å². The highest BCUT2D eigenvalue weighted by molar-refractivity contribution is 7.99. The summed E-state index contributed by atoms with van der Waals surface area (Å²) < 4.78 is 3.08. The Balaban J connectivity index is 1.81. The number of thioether (sulfide) groups is 1. The second-order valence-corrected chi connectivity index (χ2v) is 6.67. The Labute approximate surface area is 123 Å². The average Bonchev–Trinajstić information content (AvgIpc) is 2.73. The number of H-pyrrole nitrogens is 1. The lowest BCUT2D eigenvalue weighted by molar-refractivity contribution is 0.290. The Morgan fingerprint density at radius 1 is 1.26 bits per heavy atom. The third kappa shape index (κ3) is 2.88. The van der Waals surface area contributed by atoms with E-state index < -0.39 is 0 Å². The molecular formula is C14H19N3S2. The Kier molecular flexibility index (Phi) is 3.96. The van der Waals surface area contributed by atoms with Crippen LogP contribution in [0.4, 0.5) is 0 Å². The molecule has 0 saturated carbocycles. The Bertz CT molecular complexity index is 623. The van der Waals surface area contributed by atoms with Gasteiger partial charge >= 0.3 is 0 Å². The molecule has 1 aromatic heterocycles. The normalized spacial score (nSPS) is 17.1. The molecule has 1 saturated heterocycles. The molecule has 0 spiro atoms. The van der Waals surface area contributed by atoms with Crippen molar-refractivity contribution in [3.63, 3.8) is 0 Å². The largest absolute Gasteiger partial charge is 0.331 e. The first-order valence-electron chi connectivity index (χ1n) is 6.73. The van der Waals surface area contributed by atoms with Crippen LogP contribution in [0.1, 0.15) is 5.56 Å². The summed E-state index contributed by atoms with van der Waals surface area (Å²) in [4.78, 5) is 5.83. The number of benzene rings is 1. The predicted molar refractivity (Wildman–Crippen MR) is 85.6 cm³/mol. The number of imidazole rings is 1. The summed E-state index contributed by atoms with van der Waals surface area (Å²) in [5.74, 6) is 2.52. The average molecular weight is 293 g/mol. The molecule has 5 heteroatoms. The number of hydrogen-bond acceptors (Lipinski definition) is 3. The van der Waals surface area contributed by atoms with Crippen molar-refractivity contribution in [2.45, 2.75) is 13.5 Å². The smallest absolute Gasteiger partial charge is 0.178 e. The van der Waals surface area contributed by atoms with Gasteiger partial charge in [-0.05, 0) is 36.8 Å². The van der Waals surface area contributed by atoms with E-state index in [9.17, 15) is 0 Å². The number of aromatic amines is 1. The van der Waals surface area contributed by atoms with Crippen LogP contribution in [-0.4, -0.2) is 45.6 Å². The van der Waals surface area contributed by atoms with Gasteiger partial charge in [0.25, 0.3) is 0 Å². The van der Waals surface area contributed by atoms with Gasteiger partial charge < -0.3 is 9.55 Å². The number of rotatable bonds is 3. The molecule has 3 rings (SSSR count). The van der Waals surface area contributed by atoms with E-state index in [1.54, 1.807) is 0 Å². The molecule has 0 bridgehead atoms. The summed E-state index contributed by atoms with van der Waals surface area (Å²) >= 11 is 7.50. The van der Waals surface area contributed by atoms with Crippen molar-refractivity contribution in [1.29, 1.82) is 0 Å². The van der Waals surface area contributed by atoms with E-state index in [-0.39, 0.29) is 0 Å². The molecule has 1 aromatic carbocycles. The lowest BCUT2D eigenvalue weighted by Gasteiger charge is -2.26. The molecule has 19 heavy (non-hydrogen) atoms. The fourth-order valence-electron chi connectivity index (χ4n) is 2.55. The third-order valence-corrected chi connectivity index (χ3v) is 4.94. The van der Waals surface area contributed by atoms with Crippen LogP contribution in [0.15, 0.2) is 18.2 Å². The van der Waals surface area contributed by atoms with Crippen LogP contribution in [0.5, 0.6) is 0 Å². The van der Waals surface area contributed by atoms with Crippen molar-refractivity contribution in [2.75, 3.05) is 31.1 Å². The quantitative estimate of drug-likeness (QED) is 0.880. The second-order valence-electron chi connectivity index (χ2n) is 5.06. The molecule has 0 aliphatic carbocycles. The summed E-state index contributed by atoms with van der Waals surface area (Å²) in [5, 5.41) is 0. The zero-order valence-electron chi connectivity index (χ0n) is 11.2. The van der Waals surface area contributed by atoms with Gasteiger partial charge in [-0.3, -0.25) is 4.90 Å². The lowest BCUT2D eigenvalue weighted by Crippen LogP contribution is -2.35. The first-order valence-corrected chi connectivity index (χ1v) is 8.29. The van der Waals surface area contributed by atoms with Crippen molar-refractivity contribution in [2.24, 2.45) is 0 Å². The van der Waals surface area contributed by atoms with Crippen molar-refractivity contribution in [3.8, 4) is 0 Å². The maximum absolute atomic E-state index is 5.45. The van der Waals surface area contributed by atoms with Crippen LogP contribution < -0.4 is 0 Å². The van der Waals surface area contributed by atoms with Crippen molar-refractivity contribution in [1.82, 2.24) is 14.5 Å². The van der Waals surface area contributed by atoms with Crippen LogP contribution >= 0.6 is 24.0 Å². The number of nitrogens with one attached hydrogen (secondary N) is 1. The van der Waals surface area contributed by atoms with Crippen molar-refractivity contribution >= 4 is 35.0 Å². The molecule has 0 unspecified atom stereocenters. The highest BCUT2D eigenvalue weighted by atomic mass is 32.2. The maximum atomic E-state index is 5.45. The Morgan fingerprint density at radius 2 is 2.05 bits per heavy atom. The molecule has 102 valence electrons. The van der Waals surface area contributed by atoms with E-state index in [0.29, 0.717) is 0 Å². The Hall–Kier alpha value is -0.780. The predicted octanol–water partition coefficient (Wildman–Crippen LogP) is 3.06. The van der Waals surface area contributed by atoms with E-state index in [1.807, 2.05) is 0 Å². The van der Waals surface area contributed by atoms with Crippen molar-refractivity contribution in [3.05, 3.63) is 28.5 Å². The van der Waals surface area contributed by atoms with E-state index in [0.717, 1.165) is 23.4 Å². The van der Waals surface area contributed by atoms with Gasteiger partial charge in [0, 0.05) is 37.7 Å². The molecule has 0 amide bonds. The molecule has 3 nitrogen and oxygen atoms in total. The summed E-state index contributed by atoms with van der Waals surface area (Å²) in [6.07, 6.45) is 0. The van der Waals surface area contributed by atoms with Gasteiger partial charge in [0.1, 0.15) is 0 Å². The molecular weight excluding hydrogens is 274 g/mol. The summed E-state index contributed by atoms with van der Waals surface area (Å²) in [6.45, 7) is 6.61. The van der Waals surface area contributed by atoms with E-state index in [2.05, 4.69) is 51.3 Å². The number of aromatic nitrogens is 2. The van der Waals surface area contributed by atoms with Crippen LogP contribution in [0.2, 0.25) is 0 Å². The highest BCUT2D eigenvalue weighted by Gasteiger charge is 2.11. The molecule has 0 atom stereocenters. The maximum Gasteiger partial charge on any atom is 0.178 e. The van der Waals surface area contributed by atoms with Gasteiger partial charge in [-0.2, -0.15) is 11.8 Å². The molecule has 1 aliphatic heterocycles. The van der Waals surface area contributed by atoms with E-state index in [4.69, 9.17) is 12.2 Å². The molecule has 1 N–H and O–H groups in total. The van der Waals surface area contributed by atoms with Gasteiger partial charge in [0.2, 0.25) is 0 Å². The molecule has 1 fully saturated rings. The summed E-state index contributed by atoms with van der Waals surface area (Å²) in [6, 6.07) is 6.46. The Morgan fingerprint density at radius 3 is 2.84 bits per heavy atom. The van der Waals surface area contributed by atoms with Crippen LogP contribution in [0, 0.1) is 11.7 Å². The van der Waals surface area contributed by atoms with E-state index in [1.165, 1.54) is 35.7 Å². The molecule has 1 aliphatic rings. The second kappa shape index (κ2) is 5.69. The third-order valence-electron chi connectivity index (χ3n) is 3.67. The summed E-state index contributed by atoms with van der Waals surface area (Å²) in [7, 11) is 0. The first kappa shape index (κ1) is 13.2. The van der Waals surface area contributed by atoms with Crippen LogP contribution in [-0.2, 0) is 6.54 Å².